The topological polar surface area (TPSA) is 52.0 Å². The first-order valence-corrected chi connectivity index (χ1v) is 5.34. The first-order chi connectivity index (χ1) is 7.68. The Morgan fingerprint density at radius 2 is 1.50 bits per heavy atom. The van der Waals surface area contributed by atoms with Gasteiger partial charge in [0.1, 0.15) is 0 Å². The van der Waals surface area contributed by atoms with Crippen LogP contribution in [0.15, 0.2) is 48.5 Å². The van der Waals surface area contributed by atoms with Crippen molar-refractivity contribution in [2.45, 2.75) is 0 Å². The van der Waals surface area contributed by atoms with Gasteiger partial charge in [0.15, 0.2) is 0 Å². The normalized spacial score (nSPS) is 10.0. The Balaban J connectivity index is 2.39. The van der Waals surface area contributed by atoms with E-state index in [2.05, 4.69) is 0 Å². The molecule has 0 aromatic heterocycles. The maximum Gasteiger partial charge on any atom is 0.0554 e. The maximum atomic E-state index is 5.75. The first-order valence-electron chi connectivity index (χ1n) is 4.93. The number of thiocarbonyl (C=S) groups is 1. The minimum atomic E-state index is 0.566. The predicted molar refractivity (Wildman–Crippen MR) is 72.5 cm³/mol. The lowest BCUT2D eigenvalue weighted by molar-refractivity contribution is 1.61. The van der Waals surface area contributed by atoms with Gasteiger partial charge in [-0.25, -0.2) is 0 Å². The highest BCUT2D eigenvalue weighted by Gasteiger charge is 2.05. The minimum absolute atomic E-state index is 0.566. The van der Waals surface area contributed by atoms with Crippen LogP contribution in [-0.4, -0.2) is 4.86 Å². The quantitative estimate of drug-likeness (QED) is 0.472. The van der Waals surface area contributed by atoms with Crippen molar-refractivity contribution in [2.24, 2.45) is 0 Å². The summed E-state index contributed by atoms with van der Waals surface area (Å²) in [6.07, 6.45) is 0. The van der Waals surface area contributed by atoms with E-state index >= 15 is 0 Å². The van der Waals surface area contributed by atoms with Crippen molar-refractivity contribution in [3.63, 3.8) is 0 Å². The van der Waals surface area contributed by atoms with Gasteiger partial charge in [-0.15, -0.1) is 0 Å². The number of hydrogen-bond acceptors (Lipinski definition) is 3. The third-order valence-corrected chi connectivity index (χ3v) is 2.86. The zero-order chi connectivity index (χ0) is 11.5. The van der Waals surface area contributed by atoms with E-state index < -0.39 is 0 Å². The van der Waals surface area contributed by atoms with E-state index in [0.29, 0.717) is 11.4 Å². The molecule has 2 aromatic rings. The highest BCUT2D eigenvalue weighted by molar-refractivity contribution is 7.81. The van der Waals surface area contributed by atoms with E-state index in [1.54, 1.807) is 6.07 Å². The fourth-order valence-corrected chi connectivity index (χ4v) is 1.74. The standard InChI is InChI=1S/C13H12N2S/c14-11-7-6-10(8-12(11)15)13(16)9-4-2-1-3-5-9/h1-8H,14-15H2. The number of benzene rings is 2. The van der Waals surface area contributed by atoms with E-state index in [1.807, 2.05) is 42.5 Å². The molecule has 0 aliphatic heterocycles. The smallest absolute Gasteiger partial charge is 0.0554 e. The van der Waals surface area contributed by atoms with E-state index in [4.69, 9.17) is 23.7 Å². The molecule has 2 nitrogen and oxygen atoms in total. The molecular formula is C13H12N2S. The molecule has 2 rings (SSSR count). The fraction of sp³-hybridized carbons (Fsp3) is 0. The van der Waals surface area contributed by atoms with Crippen molar-refractivity contribution >= 4 is 28.5 Å². The Morgan fingerprint density at radius 3 is 2.12 bits per heavy atom. The molecule has 0 amide bonds. The summed E-state index contributed by atoms with van der Waals surface area (Å²) in [4.78, 5) is 0.785. The summed E-state index contributed by atoms with van der Waals surface area (Å²) in [5.41, 5.74) is 14.5. The molecule has 2 aromatic carbocycles. The molecule has 16 heavy (non-hydrogen) atoms. The highest BCUT2D eigenvalue weighted by atomic mass is 32.1. The molecule has 0 fully saturated rings. The lowest BCUT2D eigenvalue weighted by Crippen LogP contribution is -2.02. The zero-order valence-corrected chi connectivity index (χ0v) is 9.50. The Labute approximate surface area is 99.9 Å². The fourth-order valence-electron chi connectivity index (χ4n) is 1.47. The molecule has 0 heterocycles. The second-order valence-electron chi connectivity index (χ2n) is 3.54. The second kappa shape index (κ2) is 4.33. The predicted octanol–water partition coefficient (Wildman–Crippen LogP) is 2.62. The van der Waals surface area contributed by atoms with Crippen molar-refractivity contribution < 1.29 is 0 Å². The molecule has 0 aliphatic carbocycles. The average molecular weight is 228 g/mol. The van der Waals surface area contributed by atoms with Gasteiger partial charge in [-0.3, -0.25) is 0 Å². The van der Waals surface area contributed by atoms with Gasteiger partial charge in [0, 0.05) is 0 Å². The maximum absolute atomic E-state index is 5.75. The Bertz CT molecular complexity index is 521. The molecule has 0 radical (unpaired) electrons. The molecule has 4 N–H and O–H groups in total. The van der Waals surface area contributed by atoms with Crippen molar-refractivity contribution in [2.75, 3.05) is 11.5 Å². The molecule has 80 valence electrons. The van der Waals surface area contributed by atoms with Gasteiger partial charge >= 0.3 is 0 Å². The van der Waals surface area contributed by atoms with Gasteiger partial charge < -0.3 is 11.5 Å². The Hall–Kier alpha value is -1.87. The number of hydrogen-bond donors (Lipinski definition) is 2. The number of nitrogen functional groups attached to an aromatic ring is 2. The Kier molecular flexibility index (Phi) is 2.88. The van der Waals surface area contributed by atoms with Crippen LogP contribution in [0.3, 0.4) is 0 Å². The largest absolute Gasteiger partial charge is 0.397 e. The third kappa shape index (κ3) is 2.04. The van der Waals surface area contributed by atoms with Crippen LogP contribution in [0.1, 0.15) is 11.1 Å². The van der Waals surface area contributed by atoms with Crippen LogP contribution in [-0.2, 0) is 0 Å². The van der Waals surface area contributed by atoms with E-state index in [9.17, 15) is 0 Å². The molecular weight excluding hydrogens is 216 g/mol. The van der Waals surface area contributed by atoms with Crippen molar-refractivity contribution in [3.05, 3.63) is 59.7 Å². The summed E-state index contributed by atoms with van der Waals surface area (Å²) in [5, 5.41) is 0. The molecule has 0 saturated heterocycles. The Morgan fingerprint density at radius 1 is 0.812 bits per heavy atom. The third-order valence-electron chi connectivity index (χ3n) is 2.38. The van der Waals surface area contributed by atoms with Crippen LogP contribution in [0.4, 0.5) is 11.4 Å². The summed E-state index contributed by atoms with van der Waals surface area (Å²) in [5.74, 6) is 0. The summed E-state index contributed by atoms with van der Waals surface area (Å²) in [7, 11) is 0. The molecule has 0 saturated carbocycles. The van der Waals surface area contributed by atoms with Crippen LogP contribution < -0.4 is 11.5 Å². The van der Waals surface area contributed by atoms with Crippen LogP contribution in [0.25, 0.3) is 0 Å². The van der Waals surface area contributed by atoms with Crippen molar-refractivity contribution in [1.29, 1.82) is 0 Å². The number of nitrogens with two attached hydrogens (primary N) is 2. The molecule has 0 bridgehead atoms. The summed E-state index contributed by atoms with van der Waals surface area (Å²) in [6, 6.07) is 15.3. The molecule has 0 spiro atoms. The summed E-state index contributed by atoms with van der Waals surface area (Å²) < 4.78 is 0. The van der Waals surface area contributed by atoms with Crippen molar-refractivity contribution in [1.82, 2.24) is 0 Å². The van der Waals surface area contributed by atoms with Crippen LogP contribution in [0.5, 0.6) is 0 Å². The van der Waals surface area contributed by atoms with Gasteiger partial charge in [-0.2, -0.15) is 0 Å². The molecule has 0 unspecified atom stereocenters. The van der Waals surface area contributed by atoms with E-state index in [1.165, 1.54) is 0 Å². The van der Waals surface area contributed by atoms with Crippen LogP contribution in [0.2, 0.25) is 0 Å². The van der Waals surface area contributed by atoms with Gasteiger partial charge in [0.05, 0.1) is 16.2 Å². The van der Waals surface area contributed by atoms with E-state index in [0.717, 1.165) is 16.0 Å². The average Bonchev–Trinajstić information content (AvgIpc) is 2.33. The molecule has 0 atom stereocenters. The van der Waals surface area contributed by atoms with E-state index in [-0.39, 0.29) is 0 Å². The number of rotatable bonds is 2. The second-order valence-corrected chi connectivity index (χ2v) is 3.95. The summed E-state index contributed by atoms with van der Waals surface area (Å²) >= 11 is 5.39. The monoisotopic (exact) mass is 228 g/mol. The van der Waals surface area contributed by atoms with Gasteiger partial charge in [-0.05, 0) is 23.3 Å². The first kappa shape index (κ1) is 10.6. The SMILES string of the molecule is Nc1ccc(C(=S)c2ccccc2)cc1N. The van der Waals surface area contributed by atoms with Gasteiger partial charge in [0.2, 0.25) is 0 Å². The highest BCUT2D eigenvalue weighted by Crippen LogP contribution is 2.19. The van der Waals surface area contributed by atoms with Crippen LogP contribution >= 0.6 is 12.2 Å². The lowest BCUT2D eigenvalue weighted by atomic mass is 10.0. The van der Waals surface area contributed by atoms with Crippen LogP contribution in [0, 0.1) is 0 Å². The molecule has 0 aliphatic rings. The molecule has 3 heteroatoms. The zero-order valence-electron chi connectivity index (χ0n) is 8.68. The van der Waals surface area contributed by atoms with Gasteiger partial charge in [0.25, 0.3) is 0 Å². The minimum Gasteiger partial charge on any atom is -0.397 e. The number of anilines is 2. The summed E-state index contributed by atoms with van der Waals surface area (Å²) in [6.45, 7) is 0. The van der Waals surface area contributed by atoms with Crippen molar-refractivity contribution in [3.8, 4) is 0 Å². The van der Waals surface area contributed by atoms with Gasteiger partial charge in [-0.1, -0.05) is 48.6 Å². The lowest BCUT2D eigenvalue weighted by Gasteiger charge is -2.06.